The van der Waals surface area contributed by atoms with Gasteiger partial charge in [0.05, 0.1) is 19.8 Å². The highest BCUT2D eigenvalue weighted by atomic mass is 19.4. The van der Waals surface area contributed by atoms with Crippen LogP contribution < -0.4 is 14.2 Å². The Morgan fingerprint density at radius 2 is 1.69 bits per heavy atom. The third-order valence-corrected chi connectivity index (χ3v) is 3.56. The van der Waals surface area contributed by atoms with Crippen molar-refractivity contribution in [1.82, 2.24) is 0 Å². The van der Waals surface area contributed by atoms with Crippen LogP contribution in [0.4, 0.5) is 13.2 Å². The lowest BCUT2D eigenvalue weighted by Gasteiger charge is -2.11. The third kappa shape index (κ3) is 6.56. The second-order valence-electron chi connectivity index (χ2n) is 5.55. The standard InChI is InChI=1S/C20H17F3O6/c1-26-17-11-13(4-10-18(24)27-2)3-9-16(17)29-19(25)12-28-15-7-5-14(6-8-15)20(21,22)23/h3-11H,12H2,1-2H3. The highest BCUT2D eigenvalue weighted by Gasteiger charge is 2.30. The molecule has 0 aliphatic heterocycles. The zero-order valence-corrected chi connectivity index (χ0v) is 15.5. The SMILES string of the molecule is COC(=O)C=Cc1ccc(OC(=O)COc2ccc(C(F)(F)F)cc2)c(OC)c1. The minimum absolute atomic E-state index is 0.0882. The van der Waals surface area contributed by atoms with E-state index in [1.165, 1.54) is 32.4 Å². The summed E-state index contributed by atoms with van der Waals surface area (Å²) in [6.45, 7) is -0.515. The molecule has 6 nitrogen and oxygen atoms in total. The molecule has 29 heavy (non-hydrogen) atoms. The predicted octanol–water partition coefficient (Wildman–Crippen LogP) is 3.88. The van der Waals surface area contributed by atoms with Gasteiger partial charge in [-0.2, -0.15) is 13.2 Å². The van der Waals surface area contributed by atoms with Crippen LogP contribution in [-0.2, 0) is 20.5 Å². The molecule has 0 aromatic heterocycles. The molecule has 0 saturated carbocycles. The molecule has 0 aliphatic rings. The van der Waals surface area contributed by atoms with Crippen LogP contribution in [0.2, 0.25) is 0 Å². The Hall–Kier alpha value is -3.49. The van der Waals surface area contributed by atoms with Crippen molar-refractivity contribution in [2.45, 2.75) is 6.18 Å². The number of alkyl halides is 3. The summed E-state index contributed by atoms with van der Waals surface area (Å²) in [6, 6.07) is 8.51. The van der Waals surface area contributed by atoms with Gasteiger partial charge >= 0.3 is 18.1 Å². The maximum absolute atomic E-state index is 12.5. The zero-order chi connectivity index (χ0) is 21.4. The maximum atomic E-state index is 12.5. The number of rotatable bonds is 7. The summed E-state index contributed by atoms with van der Waals surface area (Å²) in [5.74, 6) is -0.866. The molecule has 0 saturated heterocycles. The molecule has 2 aromatic rings. The fraction of sp³-hybridized carbons (Fsp3) is 0.200. The van der Waals surface area contributed by atoms with Crippen LogP contribution in [0.1, 0.15) is 11.1 Å². The lowest BCUT2D eigenvalue weighted by molar-refractivity contribution is -0.138. The molecule has 154 valence electrons. The molecule has 0 N–H and O–H groups in total. The summed E-state index contributed by atoms with van der Waals surface area (Å²) >= 11 is 0. The average Bonchev–Trinajstić information content (AvgIpc) is 2.70. The van der Waals surface area contributed by atoms with Crippen molar-refractivity contribution in [3.05, 3.63) is 59.7 Å². The molecule has 9 heteroatoms. The van der Waals surface area contributed by atoms with Gasteiger partial charge < -0.3 is 18.9 Å². The van der Waals surface area contributed by atoms with Crippen LogP contribution in [0.3, 0.4) is 0 Å². The molecule has 2 aromatic carbocycles. The summed E-state index contributed by atoms with van der Waals surface area (Å²) in [4.78, 5) is 23.1. The van der Waals surface area contributed by atoms with Gasteiger partial charge in [-0.05, 0) is 48.0 Å². The first-order valence-corrected chi connectivity index (χ1v) is 8.17. The normalized spacial score (nSPS) is 11.2. The lowest BCUT2D eigenvalue weighted by Crippen LogP contribution is -2.18. The summed E-state index contributed by atoms with van der Waals surface area (Å²) in [6.07, 6.45) is -1.74. The Labute approximate surface area is 164 Å². The van der Waals surface area contributed by atoms with Gasteiger partial charge in [-0.15, -0.1) is 0 Å². The van der Waals surface area contributed by atoms with E-state index >= 15 is 0 Å². The van der Waals surface area contributed by atoms with Crippen molar-refractivity contribution in [2.24, 2.45) is 0 Å². The Balaban J connectivity index is 1.97. The molecule has 0 atom stereocenters. The van der Waals surface area contributed by atoms with Gasteiger partial charge in [-0.1, -0.05) is 6.07 Å². The van der Waals surface area contributed by atoms with E-state index in [0.29, 0.717) is 5.56 Å². The Morgan fingerprint density at radius 1 is 1.00 bits per heavy atom. The number of benzene rings is 2. The first-order valence-electron chi connectivity index (χ1n) is 8.17. The quantitative estimate of drug-likeness (QED) is 0.392. The number of hydrogen-bond donors (Lipinski definition) is 0. The van der Waals surface area contributed by atoms with Crippen LogP contribution in [0, 0.1) is 0 Å². The lowest BCUT2D eigenvalue weighted by atomic mass is 10.2. The number of carbonyl (C=O) groups is 2. The fourth-order valence-corrected chi connectivity index (χ4v) is 2.14. The number of ether oxygens (including phenoxy) is 4. The molecule has 0 spiro atoms. The van der Waals surface area contributed by atoms with Gasteiger partial charge in [0.1, 0.15) is 5.75 Å². The van der Waals surface area contributed by atoms with Crippen molar-refractivity contribution in [2.75, 3.05) is 20.8 Å². The van der Waals surface area contributed by atoms with Gasteiger partial charge in [0.15, 0.2) is 18.1 Å². The van der Waals surface area contributed by atoms with Gasteiger partial charge in [0.2, 0.25) is 0 Å². The number of esters is 2. The van der Waals surface area contributed by atoms with E-state index in [0.717, 1.165) is 24.3 Å². The van der Waals surface area contributed by atoms with Crippen LogP contribution in [0.25, 0.3) is 6.08 Å². The largest absolute Gasteiger partial charge is 0.493 e. The molecule has 0 unspecified atom stereocenters. The van der Waals surface area contributed by atoms with Crippen molar-refractivity contribution in [3.8, 4) is 17.2 Å². The number of carbonyl (C=O) groups excluding carboxylic acids is 2. The maximum Gasteiger partial charge on any atom is 0.416 e. The van der Waals surface area contributed by atoms with E-state index < -0.39 is 30.3 Å². The molecular weight excluding hydrogens is 393 g/mol. The molecule has 2 rings (SSSR count). The van der Waals surface area contributed by atoms with Crippen LogP contribution in [0.5, 0.6) is 17.2 Å². The molecular formula is C20H17F3O6. The van der Waals surface area contributed by atoms with E-state index in [1.54, 1.807) is 12.1 Å². The van der Waals surface area contributed by atoms with Gasteiger partial charge in [0, 0.05) is 6.08 Å². The summed E-state index contributed by atoms with van der Waals surface area (Å²) in [5.41, 5.74) is -0.216. The number of halogens is 3. The Kier molecular flexibility index (Phi) is 7.24. The average molecular weight is 410 g/mol. The van der Waals surface area contributed by atoms with E-state index in [9.17, 15) is 22.8 Å². The summed E-state index contributed by atoms with van der Waals surface area (Å²) in [5, 5.41) is 0. The number of methoxy groups -OCH3 is 2. The topological polar surface area (TPSA) is 71.1 Å². The molecule has 0 aliphatic carbocycles. The van der Waals surface area contributed by atoms with E-state index in [1.807, 2.05) is 0 Å². The predicted molar refractivity (Wildman–Crippen MR) is 96.6 cm³/mol. The second kappa shape index (κ2) is 9.63. The first-order chi connectivity index (χ1) is 13.7. The van der Waals surface area contributed by atoms with Crippen molar-refractivity contribution in [3.63, 3.8) is 0 Å². The van der Waals surface area contributed by atoms with E-state index in [4.69, 9.17) is 14.2 Å². The summed E-state index contributed by atoms with van der Waals surface area (Å²) in [7, 11) is 2.63. The molecule has 0 bridgehead atoms. The minimum atomic E-state index is -4.45. The van der Waals surface area contributed by atoms with Crippen LogP contribution in [0.15, 0.2) is 48.5 Å². The van der Waals surface area contributed by atoms with Crippen LogP contribution in [-0.4, -0.2) is 32.8 Å². The smallest absolute Gasteiger partial charge is 0.416 e. The summed E-state index contributed by atoms with van der Waals surface area (Å²) < 4.78 is 57.5. The van der Waals surface area contributed by atoms with Crippen molar-refractivity contribution in [1.29, 1.82) is 0 Å². The monoisotopic (exact) mass is 410 g/mol. The third-order valence-electron chi connectivity index (χ3n) is 3.56. The highest BCUT2D eigenvalue weighted by Crippen LogP contribution is 2.31. The van der Waals surface area contributed by atoms with Crippen LogP contribution >= 0.6 is 0 Å². The molecule has 0 amide bonds. The zero-order valence-electron chi connectivity index (χ0n) is 15.5. The van der Waals surface area contributed by atoms with Crippen molar-refractivity contribution >= 4 is 18.0 Å². The highest BCUT2D eigenvalue weighted by molar-refractivity contribution is 5.87. The van der Waals surface area contributed by atoms with Gasteiger partial charge in [0.25, 0.3) is 0 Å². The molecule has 0 fully saturated rings. The number of hydrogen-bond acceptors (Lipinski definition) is 6. The second-order valence-corrected chi connectivity index (χ2v) is 5.55. The Bertz CT molecular complexity index is 888. The minimum Gasteiger partial charge on any atom is -0.493 e. The molecule has 0 radical (unpaired) electrons. The van der Waals surface area contributed by atoms with E-state index in [-0.39, 0.29) is 17.2 Å². The van der Waals surface area contributed by atoms with Gasteiger partial charge in [-0.3, -0.25) is 0 Å². The van der Waals surface area contributed by atoms with Gasteiger partial charge in [-0.25, -0.2) is 9.59 Å². The van der Waals surface area contributed by atoms with E-state index in [2.05, 4.69) is 4.74 Å². The Morgan fingerprint density at radius 3 is 2.28 bits per heavy atom. The molecule has 0 heterocycles. The first kappa shape index (κ1) is 21.8. The van der Waals surface area contributed by atoms with Crippen molar-refractivity contribution < 1.29 is 41.7 Å². The fourth-order valence-electron chi connectivity index (χ4n) is 2.14.